The van der Waals surface area contributed by atoms with Crippen molar-refractivity contribution in [2.75, 3.05) is 19.0 Å². The first kappa shape index (κ1) is 13.0. The Kier molecular flexibility index (Phi) is 3.16. The van der Waals surface area contributed by atoms with Crippen LogP contribution in [0.5, 0.6) is 0 Å². The van der Waals surface area contributed by atoms with Gasteiger partial charge in [-0.3, -0.25) is 0 Å². The minimum absolute atomic E-state index is 0.219. The van der Waals surface area contributed by atoms with E-state index in [1.165, 1.54) is 10.9 Å². The summed E-state index contributed by atoms with van der Waals surface area (Å²) in [6.45, 7) is -0.300. The van der Waals surface area contributed by atoms with Crippen LogP contribution >= 0.6 is 0 Å². The molecule has 1 saturated heterocycles. The van der Waals surface area contributed by atoms with Gasteiger partial charge in [0.15, 0.2) is 11.5 Å². The van der Waals surface area contributed by atoms with E-state index in [4.69, 9.17) is 9.84 Å². The summed E-state index contributed by atoms with van der Waals surface area (Å²) in [6, 6.07) is 0. The standard InChI is InChI=1S/C11H15N5O4/c1-12-9-8-10(14-4-13-9)16(11(19)15-8)7-2-5(18)6(3-17)20-7/h4-7,17-18H,2-3H2,1H3,(H,15,19)(H,12,13,14)/t5-,6+,7+/m1/s1. The van der Waals surface area contributed by atoms with Crippen LogP contribution in [0, 0.1) is 0 Å². The first-order chi connectivity index (χ1) is 9.65. The Morgan fingerprint density at radius 3 is 3.05 bits per heavy atom. The summed E-state index contributed by atoms with van der Waals surface area (Å²) >= 11 is 0. The lowest BCUT2D eigenvalue weighted by molar-refractivity contribution is -0.0441. The van der Waals surface area contributed by atoms with E-state index < -0.39 is 24.1 Å². The van der Waals surface area contributed by atoms with Crippen molar-refractivity contribution in [3.8, 4) is 0 Å². The molecule has 0 saturated carbocycles. The number of fused-ring (bicyclic) bond motifs is 1. The molecule has 3 heterocycles. The Bertz CT molecular complexity index is 681. The number of nitrogens with zero attached hydrogens (tertiary/aromatic N) is 3. The fourth-order valence-corrected chi connectivity index (χ4v) is 2.43. The number of aromatic nitrogens is 4. The van der Waals surface area contributed by atoms with Gasteiger partial charge in [0, 0.05) is 13.5 Å². The molecule has 2 aromatic rings. The van der Waals surface area contributed by atoms with Gasteiger partial charge in [-0.15, -0.1) is 0 Å². The topological polar surface area (TPSA) is 125 Å². The average Bonchev–Trinajstić information content (AvgIpc) is 2.97. The van der Waals surface area contributed by atoms with E-state index in [0.717, 1.165) is 0 Å². The second-order valence-electron chi connectivity index (χ2n) is 4.59. The van der Waals surface area contributed by atoms with E-state index in [0.29, 0.717) is 17.0 Å². The lowest BCUT2D eigenvalue weighted by Crippen LogP contribution is -2.25. The van der Waals surface area contributed by atoms with Crippen LogP contribution in [0.15, 0.2) is 11.1 Å². The van der Waals surface area contributed by atoms with Crippen molar-refractivity contribution in [3.63, 3.8) is 0 Å². The average molecular weight is 281 g/mol. The van der Waals surface area contributed by atoms with Gasteiger partial charge < -0.3 is 25.3 Å². The van der Waals surface area contributed by atoms with Crippen molar-refractivity contribution in [2.24, 2.45) is 0 Å². The zero-order chi connectivity index (χ0) is 14.3. The second-order valence-corrected chi connectivity index (χ2v) is 4.59. The SMILES string of the molecule is CNc1ncnc2c1[nH]c(=O)n2[C@@H]1C[C@@H](O)[C@H](CO)O1. The van der Waals surface area contributed by atoms with Gasteiger partial charge >= 0.3 is 5.69 Å². The second kappa shape index (κ2) is 4.85. The van der Waals surface area contributed by atoms with Gasteiger partial charge in [-0.2, -0.15) is 0 Å². The predicted molar refractivity (Wildman–Crippen MR) is 69.3 cm³/mol. The number of anilines is 1. The highest BCUT2D eigenvalue weighted by atomic mass is 16.5. The van der Waals surface area contributed by atoms with Gasteiger partial charge in [0.2, 0.25) is 0 Å². The van der Waals surface area contributed by atoms with E-state index in [-0.39, 0.29) is 13.0 Å². The Labute approximate surface area is 113 Å². The fraction of sp³-hybridized carbons (Fsp3) is 0.545. The van der Waals surface area contributed by atoms with Gasteiger partial charge in [-0.05, 0) is 0 Å². The molecule has 20 heavy (non-hydrogen) atoms. The number of aromatic amines is 1. The zero-order valence-corrected chi connectivity index (χ0v) is 10.8. The number of H-pyrrole nitrogens is 1. The van der Waals surface area contributed by atoms with E-state index in [9.17, 15) is 9.90 Å². The molecule has 2 aromatic heterocycles. The third-order valence-corrected chi connectivity index (χ3v) is 3.42. The van der Waals surface area contributed by atoms with E-state index in [1.54, 1.807) is 7.05 Å². The van der Waals surface area contributed by atoms with Gasteiger partial charge in [-0.25, -0.2) is 19.3 Å². The van der Waals surface area contributed by atoms with Crippen molar-refractivity contribution < 1.29 is 14.9 Å². The molecule has 0 spiro atoms. The lowest BCUT2D eigenvalue weighted by Gasteiger charge is -2.12. The molecular formula is C11H15N5O4. The molecule has 0 aromatic carbocycles. The Morgan fingerprint density at radius 1 is 1.60 bits per heavy atom. The van der Waals surface area contributed by atoms with Crippen molar-refractivity contribution in [3.05, 3.63) is 16.8 Å². The van der Waals surface area contributed by atoms with Crippen molar-refractivity contribution in [2.45, 2.75) is 24.9 Å². The molecule has 0 radical (unpaired) electrons. The normalized spacial score (nSPS) is 26.2. The zero-order valence-electron chi connectivity index (χ0n) is 10.8. The van der Waals surface area contributed by atoms with Gasteiger partial charge in [0.05, 0.1) is 12.7 Å². The predicted octanol–water partition coefficient (Wildman–Crippen LogP) is -1.20. The van der Waals surface area contributed by atoms with Crippen LogP contribution < -0.4 is 11.0 Å². The number of aliphatic hydroxyl groups is 2. The number of aliphatic hydroxyl groups excluding tert-OH is 2. The number of nitrogens with one attached hydrogen (secondary N) is 2. The molecule has 0 bridgehead atoms. The van der Waals surface area contributed by atoms with Crippen LogP contribution in [0.1, 0.15) is 12.6 Å². The fourth-order valence-electron chi connectivity index (χ4n) is 2.43. The summed E-state index contributed by atoms with van der Waals surface area (Å²) in [7, 11) is 1.69. The smallest absolute Gasteiger partial charge is 0.329 e. The van der Waals surface area contributed by atoms with Crippen molar-refractivity contribution in [1.82, 2.24) is 19.5 Å². The minimum atomic E-state index is -0.813. The molecule has 1 aliphatic heterocycles. The van der Waals surface area contributed by atoms with Crippen LogP contribution in [0.3, 0.4) is 0 Å². The van der Waals surface area contributed by atoms with Gasteiger partial charge in [-0.1, -0.05) is 0 Å². The number of imidazole rings is 1. The van der Waals surface area contributed by atoms with Crippen LogP contribution in [-0.2, 0) is 4.74 Å². The molecular weight excluding hydrogens is 266 g/mol. The monoisotopic (exact) mass is 281 g/mol. The van der Waals surface area contributed by atoms with Gasteiger partial charge in [0.1, 0.15) is 24.2 Å². The third kappa shape index (κ3) is 1.87. The Hall–Kier alpha value is -1.97. The van der Waals surface area contributed by atoms with Crippen LogP contribution in [0.2, 0.25) is 0 Å². The molecule has 3 rings (SSSR count). The molecule has 1 aliphatic rings. The Morgan fingerprint density at radius 2 is 2.40 bits per heavy atom. The van der Waals surface area contributed by atoms with Crippen LogP contribution in [0.4, 0.5) is 5.82 Å². The molecule has 4 N–H and O–H groups in total. The number of rotatable bonds is 3. The Balaban J connectivity index is 2.09. The molecule has 0 unspecified atom stereocenters. The van der Waals surface area contributed by atoms with Crippen molar-refractivity contribution >= 4 is 17.0 Å². The molecule has 0 aliphatic carbocycles. The first-order valence-electron chi connectivity index (χ1n) is 6.23. The van der Waals surface area contributed by atoms with Crippen LogP contribution in [0.25, 0.3) is 11.2 Å². The van der Waals surface area contributed by atoms with Gasteiger partial charge in [0.25, 0.3) is 0 Å². The summed E-state index contributed by atoms with van der Waals surface area (Å²) in [5, 5.41) is 21.7. The number of hydrogen-bond donors (Lipinski definition) is 4. The first-order valence-corrected chi connectivity index (χ1v) is 6.23. The molecule has 9 heteroatoms. The van der Waals surface area contributed by atoms with Crippen molar-refractivity contribution in [1.29, 1.82) is 0 Å². The van der Waals surface area contributed by atoms with E-state index in [2.05, 4.69) is 20.3 Å². The lowest BCUT2D eigenvalue weighted by atomic mass is 10.2. The maximum atomic E-state index is 12.1. The number of hydrogen-bond acceptors (Lipinski definition) is 7. The summed E-state index contributed by atoms with van der Waals surface area (Å²) in [5.41, 5.74) is 0.475. The van der Waals surface area contributed by atoms with E-state index in [1.807, 2.05) is 0 Å². The largest absolute Gasteiger partial charge is 0.394 e. The highest BCUT2D eigenvalue weighted by molar-refractivity contribution is 5.82. The molecule has 3 atom stereocenters. The van der Waals surface area contributed by atoms with Crippen LogP contribution in [-0.4, -0.2) is 55.6 Å². The summed E-state index contributed by atoms with van der Waals surface area (Å²) < 4.78 is 6.82. The molecule has 1 fully saturated rings. The highest BCUT2D eigenvalue weighted by Crippen LogP contribution is 2.29. The summed E-state index contributed by atoms with van der Waals surface area (Å²) in [4.78, 5) is 22.9. The summed E-state index contributed by atoms with van der Waals surface area (Å²) in [5.74, 6) is 0.503. The maximum Gasteiger partial charge on any atom is 0.329 e. The highest BCUT2D eigenvalue weighted by Gasteiger charge is 2.36. The third-order valence-electron chi connectivity index (χ3n) is 3.42. The molecule has 108 valence electrons. The minimum Gasteiger partial charge on any atom is -0.394 e. The summed E-state index contributed by atoms with van der Waals surface area (Å²) in [6.07, 6.45) is -0.609. The number of ether oxygens (including phenoxy) is 1. The maximum absolute atomic E-state index is 12.1. The molecule has 9 nitrogen and oxygen atoms in total. The molecule has 0 amide bonds. The van der Waals surface area contributed by atoms with E-state index >= 15 is 0 Å². The quantitative estimate of drug-likeness (QED) is 0.557.